The quantitative estimate of drug-likeness (QED) is 0.286. The molecule has 0 aliphatic heterocycles. The SMILES string of the molecule is Brc1ccc2[nH]c3ccc4ccc5[nH]c6ccccc6c5c4c3c2c1. The van der Waals surface area contributed by atoms with Crippen LogP contribution in [0.5, 0.6) is 0 Å². The van der Waals surface area contributed by atoms with Crippen molar-refractivity contribution in [3.05, 3.63) is 71.2 Å². The summed E-state index contributed by atoms with van der Waals surface area (Å²) in [5.74, 6) is 0. The van der Waals surface area contributed by atoms with Gasteiger partial charge in [0, 0.05) is 53.5 Å². The van der Waals surface area contributed by atoms with Gasteiger partial charge in [-0.05, 0) is 41.8 Å². The van der Waals surface area contributed by atoms with E-state index in [2.05, 4.69) is 92.6 Å². The Labute approximate surface area is 151 Å². The number of hydrogen-bond donors (Lipinski definition) is 2. The van der Waals surface area contributed by atoms with Gasteiger partial charge in [-0.25, -0.2) is 0 Å². The number of fused-ring (bicyclic) bond motifs is 9. The van der Waals surface area contributed by atoms with Crippen LogP contribution in [0.4, 0.5) is 0 Å². The second-order valence-electron chi connectivity index (χ2n) is 6.56. The molecule has 0 radical (unpaired) electrons. The van der Waals surface area contributed by atoms with Crippen LogP contribution in [0.3, 0.4) is 0 Å². The Morgan fingerprint density at radius 1 is 0.560 bits per heavy atom. The van der Waals surface area contributed by atoms with E-state index in [1.165, 1.54) is 54.4 Å². The summed E-state index contributed by atoms with van der Waals surface area (Å²) in [6, 6.07) is 23.8. The largest absolute Gasteiger partial charge is 0.354 e. The fourth-order valence-corrected chi connectivity index (χ4v) is 4.48. The highest BCUT2D eigenvalue weighted by molar-refractivity contribution is 9.10. The summed E-state index contributed by atoms with van der Waals surface area (Å²) >= 11 is 3.63. The van der Waals surface area contributed by atoms with Crippen molar-refractivity contribution >= 4 is 70.3 Å². The third-order valence-electron chi connectivity index (χ3n) is 5.17. The van der Waals surface area contributed by atoms with Gasteiger partial charge in [0.1, 0.15) is 0 Å². The maximum absolute atomic E-state index is 3.63. The fraction of sp³-hybridized carbons (Fsp3) is 0. The predicted molar refractivity (Wildman–Crippen MR) is 110 cm³/mol. The van der Waals surface area contributed by atoms with Crippen LogP contribution < -0.4 is 0 Å². The molecule has 6 rings (SSSR count). The van der Waals surface area contributed by atoms with Gasteiger partial charge < -0.3 is 9.97 Å². The van der Waals surface area contributed by atoms with Crippen molar-refractivity contribution in [3.63, 3.8) is 0 Å². The van der Waals surface area contributed by atoms with Crippen LogP contribution in [0.25, 0.3) is 54.4 Å². The molecule has 2 N–H and O–H groups in total. The molecule has 2 heterocycles. The number of benzene rings is 4. The van der Waals surface area contributed by atoms with Gasteiger partial charge in [-0.3, -0.25) is 0 Å². The molecule has 25 heavy (non-hydrogen) atoms. The first kappa shape index (κ1) is 13.5. The normalized spacial score (nSPS) is 12.2. The van der Waals surface area contributed by atoms with Crippen LogP contribution in [0.2, 0.25) is 0 Å². The first-order valence-corrected chi connectivity index (χ1v) is 9.12. The maximum Gasteiger partial charge on any atom is 0.0471 e. The minimum absolute atomic E-state index is 1.10. The number of halogens is 1. The van der Waals surface area contributed by atoms with E-state index in [9.17, 15) is 0 Å². The second-order valence-corrected chi connectivity index (χ2v) is 7.48. The maximum atomic E-state index is 3.63. The van der Waals surface area contributed by atoms with E-state index in [1.807, 2.05) is 0 Å². The van der Waals surface area contributed by atoms with Gasteiger partial charge in [-0.2, -0.15) is 0 Å². The molecular formula is C22H13BrN2. The van der Waals surface area contributed by atoms with E-state index in [1.54, 1.807) is 0 Å². The van der Waals surface area contributed by atoms with Crippen LogP contribution in [0, 0.1) is 0 Å². The van der Waals surface area contributed by atoms with Crippen molar-refractivity contribution in [2.45, 2.75) is 0 Å². The Hall–Kier alpha value is -2.78. The van der Waals surface area contributed by atoms with E-state index >= 15 is 0 Å². The molecule has 0 saturated carbocycles. The van der Waals surface area contributed by atoms with Crippen LogP contribution in [-0.2, 0) is 0 Å². The number of aromatic amines is 2. The minimum Gasteiger partial charge on any atom is -0.354 e. The summed E-state index contributed by atoms with van der Waals surface area (Å²) in [7, 11) is 0. The number of rotatable bonds is 0. The third-order valence-corrected chi connectivity index (χ3v) is 5.67. The summed E-state index contributed by atoms with van der Waals surface area (Å²) < 4.78 is 1.10. The van der Waals surface area contributed by atoms with E-state index in [0.29, 0.717) is 0 Å². The topological polar surface area (TPSA) is 31.6 Å². The summed E-state index contributed by atoms with van der Waals surface area (Å²) in [6.45, 7) is 0. The number of hydrogen-bond acceptors (Lipinski definition) is 0. The zero-order valence-corrected chi connectivity index (χ0v) is 14.8. The van der Waals surface area contributed by atoms with E-state index < -0.39 is 0 Å². The van der Waals surface area contributed by atoms with Crippen LogP contribution >= 0.6 is 15.9 Å². The molecule has 0 aliphatic carbocycles. The molecule has 0 amide bonds. The van der Waals surface area contributed by atoms with Gasteiger partial charge >= 0.3 is 0 Å². The molecule has 0 spiro atoms. The van der Waals surface area contributed by atoms with Crippen LogP contribution in [0.15, 0.2) is 71.2 Å². The molecule has 0 fully saturated rings. The van der Waals surface area contributed by atoms with E-state index in [0.717, 1.165) is 4.47 Å². The molecule has 118 valence electrons. The average molecular weight is 385 g/mol. The van der Waals surface area contributed by atoms with Gasteiger partial charge in [0.2, 0.25) is 0 Å². The summed E-state index contributed by atoms with van der Waals surface area (Å²) in [5.41, 5.74) is 4.72. The lowest BCUT2D eigenvalue weighted by atomic mass is 9.99. The van der Waals surface area contributed by atoms with Crippen LogP contribution in [-0.4, -0.2) is 9.97 Å². The van der Waals surface area contributed by atoms with Crippen molar-refractivity contribution in [3.8, 4) is 0 Å². The molecule has 3 heteroatoms. The fourth-order valence-electron chi connectivity index (χ4n) is 4.12. The Morgan fingerprint density at radius 3 is 2.00 bits per heavy atom. The summed E-state index contributed by atoms with van der Waals surface area (Å²) in [6.07, 6.45) is 0. The molecule has 0 bridgehead atoms. The highest BCUT2D eigenvalue weighted by Gasteiger charge is 2.14. The lowest BCUT2D eigenvalue weighted by Crippen LogP contribution is -1.78. The highest BCUT2D eigenvalue weighted by atomic mass is 79.9. The van der Waals surface area contributed by atoms with E-state index in [-0.39, 0.29) is 0 Å². The van der Waals surface area contributed by atoms with Gasteiger partial charge in [0.15, 0.2) is 0 Å². The van der Waals surface area contributed by atoms with Crippen molar-refractivity contribution in [2.75, 3.05) is 0 Å². The molecule has 0 unspecified atom stereocenters. The molecule has 2 aromatic heterocycles. The van der Waals surface area contributed by atoms with Gasteiger partial charge in [0.05, 0.1) is 0 Å². The monoisotopic (exact) mass is 384 g/mol. The molecule has 0 saturated heterocycles. The van der Waals surface area contributed by atoms with Crippen molar-refractivity contribution < 1.29 is 0 Å². The van der Waals surface area contributed by atoms with Crippen molar-refractivity contribution in [2.24, 2.45) is 0 Å². The van der Waals surface area contributed by atoms with Crippen LogP contribution in [0.1, 0.15) is 0 Å². The summed E-state index contributed by atoms with van der Waals surface area (Å²) in [5, 5.41) is 7.72. The zero-order valence-electron chi connectivity index (χ0n) is 13.2. The Balaban J connectivity index is 2.00. The van der Waals surface area contributed by atoms with Crippen molar-refractivity contribution in [1.82, 2.24) is 9.97 Å². The van der Waals surface area contributed by atoms with Gasteiger partial charge in [-0.1, -0.05) is 46.3 Å². The number of H-pyrrole nitrogens is 2. The molecule has 6 aromatic rings. The lowest BCUT2D eigenvalue weighted by Gasteiger charge is -2.04. The molecule has 0 aliphatic rings. The minimum atomic E-state index is 1.10. The molecule has 4 aromatic carbocycles. The molecule has 0 atom stereocenters. The molecular weight excluding hydrogens is 372 g/mol. The van der Waals surface area contributed by atoms with Crippen molar-refractivity contribution in [1.29, 1.82) is 0 Å². The van der Waals surface area contributed by atoms with Gasteiger partial charge in [0.25, 0.3) is 0 Å². The number of para-hydroxylation sites is 1. The number of nitrogens with one attached hydrogen (secondary N) is 2. The Kier molecular flexibility index (Phi) is 2.51. The first-order valence-electron chi connectivity index (χ1n) is 8.33. The molecule has 2 nitrogen and oxygen atoms in total. The van der Waals surface area contributed by atoms with Gasteiger partial charge in [-0.15, -0.1) is 0 Å². The average Bonchev–Trinajstić information content (AvgIpc) is 3.19. The lowest BCUT2D eigenvalue weighted by molar-refractivity contribution is 1.54. The standard InChI is InChI=1S/C22H13BrN2/c23-13-7-10-17-15(11-13)22-19(25-17)9-6-12-5-8-18-21(20(12)22)14-3-1-2-4-16(14)24-18/h1-11,24-25H. The Morgan fingerprint density at radius 2 is 1.20 bits per heavy atom. The number of aromatic nitrogens is 2. The Bertz CT molecular complexity index is 1450. The smallest absolute Gasteiger partial charge is 0.0471 e. The zero-order chi connectivity index (χ0) is 16.5. The predicted octanol–water partition coefficient (Wildman–Crippen LogP) is 6.87. The third kappa shape index (κ3) is 1.73. The first-order chi connectivity index (χ1) is 12.3. The van der Waals surface area contributed by atoms with E-state index in [4.69, 9.17) is 0 Å². The summed E-state index contributed by atoms with van der Waals surface area (Å²) in [4.78, 5) is 7.14. The second kappa shape index (κ2) is 4.64. The highest BCUT2D eigenvalue weighted by Crippen LogP contribution is 2.39.